The average Bonchev–Trinajstić information content (AvgIpc) is 2.15. The zero-order valence-electron chi connectivity index (χ0n) is 11.3. The van der Waals surface area contributed by atoms with E-state index < -0.39 is 8.32 Å². The minimum atomic E-state index is -1.66. The second kappa shape index (κ2) is 6.20. The number of hydrogen-bond acceptors (Lipinski definition) is 3. The summed E-state index contributed by atoms with van der Waals surface area (Å²) in [5.41, 5.74) is 0. The fourth-order valence-electron chi connectivity index (χ4n) is 0.804. The Bertz CT molecular complexity index is 251. The predicted molar refractivity (Wildman–Crippen MR) is 68.9 cm³/mol. The summed E-state index contributed by atoms with van der Waals surface area (Å²) < 4.78 is 10.4. The first-order valence-electron chi connectivity index (χ1n) is 5.56. The highest BCUT2D eigenvalue weighted by atomic mass is 28.4. The Labute approximate surface area is 100.0 Å². The third kappa shape index (κ3) is 5.46. The molecular formula is C12H24O3Si. The zero-order chi connectivity index (χ0) is 12.8. The second-order valence-corrected chi connectivity index (χ2v) is 10.1. The van der Waals surface area contributed by atoms with E-state index in [0.717, 1.165) is 0 Å². The minimum absolute atomic E-state index is 0.219. The normalized spacial score (nSPS) is 13.1. The molecule has 0 bridgehead atoms. The van der Waals surface area contributed by atoms with E-state index in [1.165, 1.54) is 7.11 Å². The van der Waals surface area contributed by atoms with Crippen molar-refractivity contribution >= 4 is 14.3 Å². The van der Waals surface area contributed by atoms with Crippen LogP contribution in [0.2, 0.25) is 18.1 Å². The maximum absolute atomic E-state index is 10.8. The van der Waals surface area contributed by atoms with Crippen molar-refractivity contribution in [2.75, 3.05) is 13.7 Å². The van der Waals surface area contributed by atoms with Crippen LogP contribution in [0.15, 0.2) is 12.2 Å². The van der Waals surface area contributed by atoms with Crippen molar-refractivity contribution in [3.05, 3.63) is 12.2 Å². The number of carbonyl (C=O) groups is 1. The second-order valence-electron chi connectivity index (χ2n) is 5.32. The molecule has 16 heavy (non-hydrogen) atoms. The van der Waals surface area contributed by atoms with Crippen LogP contribution in [-0.2, 0) is 14.0 Å². The van der Waals surface area contributed by atoms with E-state index in [-0.39, 0.29) is 11.0 Å². The molecule has 0 aliphatic carbocycles. The number of hydrogen-bond donors (Lipinski definition) is 0. The fraction of sp³-hybridized carbons (Fsp3) is 0.750. The summed E-state index contributed by atoms with van der Waals surface area (Å²) in [4.78, 5) is 10.8. The van der Waals surface area contributed by atoms with Gasteiger partial charge in [0.2, 0.25) is 0 Å². The Kier molecular flexibility index (Phi) is 5.97. The molecule has 0 amide bonds. The molecule has 3 nitrogen and oxygen atoms in total. The SMILES string of the molecule is COC(=O)C/C=C/CO[Si](C)(C)C(C)(C)C. The zero-order valence-corrected chi connectivity index (χ0v) is 12.3. The number of carbonyl (C=O) groups excluding carboxylic acids is 1. The van der Waals surface area contributed by atoms with Gasteiger partial charge in [-0.05, 0) is 18.1 Å². The molecule has 4 heteroatoms. The van der Waals surface area contributed by atoms with E-state index in [2.05, 4.69) is 38.6 Å². The molecule has 0 saturated heterocycles. The maximum atomic E-state index is 10.8. The van der Waals surface area contributed by atoms with Gasteiger partial charge in [0.1, 0.15) is 0 Å². The lowest BCUT2D eigenvalue weighted by molar-refractivity contribution is -0.139. The van der Waals surface area contributed by atoms with Gasteiger partial charge in [0.15, 0.2) is 8.32 Å². The molecule has 0 unspecified atom stereocenters. The smallest absolute Gasteiger partial charge is 0.309 e. The number of esters is 1. The summed E-state index contributed by atoms with van der Waals surface area (Å²) in [6, 6.07) is 0. The molecule has 0 aromatic heterocycles. The van der Waals surface area contributed by atoms with Gasteiger partial charge in [-0.15, -0.1) is 0 Å². The van der Waals surface area contributed by atoms with Crippen molar-refractivity contribution in [2.24, 2.45) is 0 Å². The highest BCUT2D eigenvalue weighted by molar-refractivity contribution is 6.74. The van der Waals surface area contributed by atoms with Gasteiger partial charge < -0.3 is 9.16 Å². The molecule has 0 radical (unpaired) electrons. The molecule has 94 valence electrons. The van der Waals surface area contributed by atoms with Crippen LogP contribution in [-0.4, -0.2) is 28.0 Å². The summed E-state index contributed by atoms with van der Waals surface area (Å²) in [7, 11) is -0.267. The molecule has 0 atom stereocenters. The molecule has 0 rings (SSSR count). The van der Waals surface area contributed by atoms with Gasteiger partial charge in [0, 0.05) is 0 Å². The number of methoxy groups -OCH3 is 1. The fourth-order valence-corrected chi connectivity index (χ4v) is 1.75. The van der Waals surface area contributed by atoms with Gasteiger partial charge in [-0.2, -0.15) is 0 Å². The number of ether oxygens (including phenoxy) is 1. The molecule has 0 spiro atoms. The van der Waals surface area contributed by atoms with Crippen LogP contribution in [0.1, 0.15) is 27.2 Å². The largest absolute Gasteiger partial charge is 0.469 e. The van der Waals surface area contributed by atoms with Crippen LogP contribution >= 0.6 is 0 Å². The molecule has 0 heterocycles. The topological polar surface area (TPSA) is 35.5 Å². The average molecular weight is 244 g/mol. The van der Waals surface area contributed by atoms with Gasteiger partial charge in [0.25, 0.3) is 0 Å². The Balaban J connectivity index is 3.95. The Morgan fingerprint density at radius 1 is 1.25 bits per heavy atom. The highest BCUT2D eigenvalue weighted by Crippen LogP contribution is 2.36. The Hall–Kier alpha value is -0.613. The van der Waals surface area contributed by atoms with Crippen molar-refractivity contribution in [1.29, 1.82) is 0 Å². The summed E-state index contributed by atoms with van der Waals surface area (Å²) in [6.07, 6.45) is 3.99. The lowest BCUT2D eigenvalue weighted by Gasteiger charge is -2.35. The quantitative estimate of drug-likeness (QED) is 0.423. The summed E-state index contributed by atoms with van der Waals surface area (Å²) in [5, 5.41) is 0.225. The van der Waals surface area contributed by atoms with Crippen LogP contribution in [0.5, 0.6) is 0 Å². The Morgan fingerprint density at radius 3 is 2.25 bits per heavy atom. The third-order valence-corrected chi connectivity index (χ3v) is 7.53. The summed E-state index contributed by atoms with van der Waals surface area (Å²) >= 11 is 0. The van der Waals surface area contributed by atoms with Crippen LogP contribution < -0.4 is 0 Å². The van der Waals surface area contributed by atoms with Gasteiger partial charge in [-0.3, -0.25) is 4.79 Å². The number of rotatable bonds is 5. The lowest BCUT2D eigenvalue weighted by Crippen LogP contribution is -2.40. The van der Waals surface area contributed by atoms with E-state index in [9.17, 15) is 4.79 Å². The van der Waals surface area contributed by atoms with E-state index in [1.807, 2.05) is 6.08 Å². The molecule has 0 N–H and O–H groups in total. The Morgan fingerprint density at radius 2 is 1.81 bits per heavy atom. The molecule has 0 fully saturated rings. The van der Waals surface area contributed by atoms with Crippen molar-refractivity contribution in [2.45, 2.75) is 45.3 Å². The predicted octanol–water partition coefficient (Wildman–Crippen LogP) is 3.13. The molecule has 0 aliphatic heterocycles. The lowest BCUT2D eigenvalue weighted by atomic mass is 10.2. The molecule has 0 aromatic carbocycles. The summed E-state index contributed by atoms with van der Waals surface area (Å²) in [5.74, 6) is -0.219. The van der Waals surface area contributed by atoms with Crippen molar-refractivity contribution < 1.29 is 14.0 Å². The van der Waals surface area contributed by atoms with Crippen LogP contribution in [0, 0.1) is 0 Å². The van der Waals surface area contributed by atoms with E-state index in [0.29, 0.717) is 13.0 Å². The minimum Gasteiger partial charge on any atom is -0.469 e. The van der Waals surface area contributed by atoms with Gasteiger partial charge >= 0.3 is 5.97 Å². The monoisotopic (exact) mass is 244 g/mol. The molecular weight excluding hydrogens is 220 g/mol. The van der Waals surface area contributed by atoms with E-state index >= 15 is 0 Å². The van der Waals surface area contributed by atoms with Crippen molar-refractivity contribution in [3.63, 3.8) is 0 Å². The standard InChI is InChI=1S/C12H24O3Si/c1-12(2,3)16(5,6)15-10-8-7-9-11(13)14-4/h7-8H,9-10H2,1-6H3/b8-7+. The van der Waals surface area contributed by atoms with Crippen molar-refractivity contribution in [3.8, 4) is 0 Å². The van der Waals surface area contributed by atoms with Gasteiger partial charge in [-0.1, -0.05) is 32.9 Å². The van der Waals surface area contributed by atoms with E-state index in [4.69, 9.17) is 4.43 Å². The van der Waals surface area contributed by atoms with Crippen LogP contribution in [0.4, 0.5) is 0 Å². The van der Waals surface area contributed by atoms with Crippen LogP contribution in [0.3, 0.4) is 0 Å². The highest BCUT2D eigenvalue weighted by Gasteiger charge is 2.36. The van der Waals surface area contributed by atoms with Gasteiger partial charge in [-0.25, -0.2) is 0 Å². The first kappa shape index (κ1) is 15.4. The molecule has 0 aliphatic rings. The van der Waals surface area contributed by atoms with Gasteiger partial charge in [0.05, 0.1) is 20.1 Å². The van der Waals surface area contributed by atoms with Crippen molar-refractivity contribution in [1.82, 2.24) is 0 Å². The molecule has 0 saturated carbocycles. The van der Waals surface area contributed by atoms with Crippen LogP contribution in [0.25, 0.3) is 0 Å². The first-order chi connectivity index (χ1) is 7.20. The molecule has 0 aromatic rings. The first-order valence-corrected chi connectivity index (χ1v) is 8.47. The third-order valence-electron chi connectivity index (χ3n) is 3.03. The maximum Gasteiger partial charge on any atom is 0.309 e. The van der Waals surface area contributed by atoms with E-state index in [1.54, 1.807) is 6.08 Å². The summed E-state index contributed by atoms with van der Waals surface area (Å²) in [6.45, 7) is 11.6.